The van der Waals surface area contributed by atoms with Gasteiger partial charge in [-0.3, -0.25) is 4.79 Å². The number of nitrogens with zero attached hydrogens (tertiary/aromatic N) is 1. The number of hydrogen-bond donors (Lipinski definition) is 2. The zero-order valence-electron chi connectivity index (χ0n) is 9.18. The summed E-state index contributed by atoms with van der Waals surface area (Å²) < 4.78 is 0. The molecule has 0 unspecified atom stereocenters. The predicted octanol–water partition coefficient (Wildman–Crippen LogP) is 1.84. The van der Waals surface area contributed by atoms with Crippen molar-refractivity contribution in [2.24, 2.45) is 0 Å². The average Bonchev–Trinajstić information content (AvgIpc) is 2.95. The van der Waals surface area contributed by atoms with Crippen LogP contribution in [0.4, 0.5) is 0 Å². The molecule has 2 N–H and O–H groups in total. The number of carboxylic acid groups (broad SMARTS) is 1. The molecule has 88 valence electrons. The molecule has 0 aliphatic heterocycles. The summed E-state index contributed by atoms with van der Waals surface area (Å²) in [7, 11) is 0. The van der Waals surface area contributed by atoms with Gasteiger partial charge in [0.1, 0.15) is 0 Å². The Labute approximate surface area is 102 Å². The predicted molar refractivity (Wildman–Crippen MR) is 64.2 cm³/mol. The summed E-state index contributed by atoms with van der Waals surface area (Å²) in [6.45, 7) is 0. The van der Waals surface area contributed by atoms with Crippen LogP contribution in [0.15, 0.2) is 30.5 Å². The highest BCUT2D eigenvalue weighted by Crippen LogP contribution is 2.30. The fourth-order valence-corrected chi connectivity index (χ4v) is 1.96. The Balaban J connectivity index is 2.05. The van der Waals surface area contributed by atoms with E-state index in [-0.39, 0.29) is 11.6 Å². The van der Waals surface area contributed by atoms with Crippen molar-refractivity contribution in [3.8, 4) is 0 Å². The first-order valence-corrected chi connectivity index (χ1v) is 5.31. The Hall–Kier alpha value is -2.69. The zero-order chi connectivity index (χ0) is 12.7. The number of nitrogens with one attached hydrogen (secondary N) is 1. The van der Waals surface area contributed by atoms with Gasteiger partial charge in [-0.15, -0.1) is 0 Å². The lowest BCUT2D eigenvalue weighted by molar-refractivity contribution is 0.0684. The van der Waals surface area contributed by atoms with Gasteiger partial charge in [0.25, 0.3) is 0 Å². The van der Waals surface area contributed by atoms with Gasteiger partial charge in [0.2, 0.25) is 5.82 Å². The van der Waals surface area contributed by atoms with Crippen molar-refractivity contribution >= 4 is 23.4 Å². The second kappa shape index (κ2) is 3.66. The number of aromatic carboxylic acids is 1. The van der Waals surface area contributed by atoms with Crippen LogP contribution in [-0.4, -0.2) is 26.8 Å². The van der Waals surface area contributed by atoms with Crippen molar-refractivity contribution in [1.82, 2.24) is 9.97 Å². The third-order valence-electron chi connectivity index (χ3n) is 2.82. The van der Waals surface area contributed by atoms with Crippen LogP contribution in [-0.2, 0) is 0 Å². The van der Waals surface area contributed by atoms with Gasteiger partial charge in [-0.1, -0.05) is 24.3 Å². The molecule has 0 amide bonds. The standard InChI is InChI=1S/C13H8N2O3/c16-11-8-4-2-1-3-7(8)5-9(11)10-6-14-12(15-10)13(17)18/h1-6H,(H,14,15)(H,17,18). The minimum Gasteiger partial charge on any atom is -0.475 e. The molecule has 0 atom stereocenters. The van der Waals surface area contributed by atoms with Gasteiger partial charge in [0.05, 0.1) is 11.9 Å². The molecule has 0 radical (unpaired) electrons. The summed E-state index contributed by atoms with van der Waals surface area (Å²) in [6.07, 6.45) is 3.09. The molecule has 0 bridgehead atoms. The monoisotopic (exact) mass is 240 g/mol. The molecule has 1 aliphatic carbocycles. The van der Waals surface area contributed by atoms with Gasteiger partial charge >= 0.3 is 5.97 Å². The zero-order valence-corrected chi connectivity index (χ0v) is 9.18. The molecule has 1 aromatic carbocycles. The van der Waals surface area contributed by atoms with E-state index in [4.69, 9.17) is 5.11 Å². The molecular weight excluding hydrogens is 232 g/mol. The van der Waals surface area contributed by atoms with Crippen molar-refractivity contribution in [2.45, 2.75) is 0 Å². The molecular formula is C13H8N2O3. The number of hydrogen-bond acceptors (Lipinski definition) is 3. The SMILES string of the molecule is O=C(O)c1ncc(C2=Cc3ccccc3C2=O)[nH]1. The fraction of sp³-hybridized carbons (Fsp3) is 0. The lowest BCUT2D eigenvalue weighted by Crippen LogP contribution is -2.01. The van der Waals surface area contributed by atoms with Crippen LogP contribution in [0.25, 0.3) is 11.6 Å². The normalized spacial score (nSPS) is 13.3. The topological polar surface area (TPSA) is 83.0 Å². The van der Waals surface area contributed by atoms with E-state index in [1.54, 1.807) is 18.2 Å². The Morgan fingerprint density at radius 3 is 2.72 bits per heavy atom. The third kappa shape index (κ3) is 1.45. The highest BCUT2D eigenvalue weighted by atomic mass is 16.4. The number of carbonyl (C=O) groups is 2. The number of allylic oxidation sites excluding steroid dienone is 1. The van der Waals surface area contributed by atoms with E-state index in [1.807, 2.05) is 12.1 Å². The van der Waals surface area contributed by atoms with E-state index in [2.05, 4.69) is 9.97 Å². The summed E-state index contributed by atoms with van der Waals surface area (Å²) in [5, 5.41) is 8.78. The molecule has 1 aliphatic rings. The van der Waals surface area contributed by atoms with Gasteiger partial charge in [0.15, 0.2) is 5.78 Å². The smallest absolute Gasteiger partial charge is 0.371 e. The molecule has 0 spiro atoms. The van der Waals surface area contributed by atoms with Gasteiger partial charge in [-0.2, -0.15) is 0 Å². The molecule has 18 heavy (non-hydrogen) atoms. The molecule has 1 heterocycles. The quantitative estimate of drug-likeness (QED) is 0.839. The summed E-state index contributed by atoms with van der Waals surface area (Å²) in [5.41, 5.74) is 2.33. The number of H-pyrrole nitrogens is 1. The summed E-state index contributed by atoms with van der Waals surface area (Å²) >= 11 is 0. The summed E-state index contributed by atoms with van der Waals surface area (Å²) in [5.74, 6) is -1.44. The van der Waals surface area contributed by atoms with Crippen LogP contribution in [0, 0.1) is 0 Å². The maximum Gasteiger partial charge on any atom is 0.371 e. The van der Waals surface area contributed by atoms with E-state index in [0.29, 0.717) is 16.8 Å². The first-order chi connectivity index (χ1) is 8.66. The van der Waals surface area contributed by atoms with Crippen LogP contribution in [0.1, 0.15) is 32.2 Å². The Bertz CT molecular complexity index is 698. The number of ketones is 1. The van der Waals surface area contributed by atoms with Crippen LogP contribution in [0.2, 0.25) is 0 Å². The average molecular weight is 240 g/mol. The van der Waals surface area contributed by atoms with Crippen LogP contribution < -0.4 is 0 Å². The first kappa shape index (κ1) is 10.5. The molecule has 0 saturated carbocycles. The number of Topliss-reactive ketones (excluding diaryl/α,β-unsaturated/α-hetero) is 1. The number of rotatable bonds is 2. The Morgan fingerprint density at radius 1 is 1.28 bits per heavy atom. The largest absolute Gasteiger partial charge is 0.475 e. The van der Waals surface area contributed by atoms with Crippen molar-refractivity contribution in [1.29, 1.82) is 0 Å². The van der Waals surface area contributed by atoms with E-state index in [1.165, 1.54) is 6.20 Å². The highest BCUT2D eigenvalue weighted by molar-refractivity contribution is 6.37. The van der Waals surface area contributed by atoms with E-state index in [0.717, 1.165) is 5.56 Å². The Kier molecular flexibility index (Phi) is 2.13. The number of benzene rings is 1. The van der Waals surface area contributed by atoms with Crippen LogP contribution in [0.3, 0.4) is 0 Å². The van der Waals surface area contributed by atoms with Gasteiger partial charge in [-0.25, -0.2) is 9.78 Å². The number of aromatic amines is 1. The van der Waals surface area contributed by atoms with E-state index >= 15 is 0 Å². The third-order valence-corrected chi connectivity index (χ3v) is 2.82. The number of carboxylic acids is 1. The van der Waals surface area contributed by atoms with Crippen LogP contribution in [0.5, 0.6) is 0 Å². The minimum absolute atomic E-state index is 0.119. The number of fused-ring (bicyclic) bond motifs is 1. The van der Waals surface area contributed by atoms with Crippen molar-refractivity contribution in [3.63, 3.8) is 0 Å². The van der Waals surface area contributed by atoms with E-state index in [9.17, 15) is 9.59 Å². The number of imidazole rings is 1. The lowest BCUT2D eigenvalue weighted by atomic mass is 10.1. The van der Waals surface area contributed by atoms with Crippen molar-refractivity contribution < 1.29 is 14.7 Å². The Morgan fingerprint density at radius 2 is 2.06 bits per heavy atom. The number of carbonyl (C=O) groups excluding carboxylic acids is 1. The van der Waals surface area contributed by atoms with Gasteiger partial charge < -0.3 is 10.1 Å². The van der Waals surface area contributed by atoms with E-state index < -0.39 is 5.97 Å². The van der Waals surface area contributed by atoms with Crippen LogP contribution >= 0.6 is 0 Å². The molecule has 3 rings (SSSR count). The minimum atomic E-state index is -1.15. The number of aromatic nitrogens is 2. The first-order valence-electron chi connectivity index (χ1n) is 5.31. The van der Waals surface area contributed by atoms with Crippen molar-refractivity contribution in [3.05, 3.63) is 53.1 Å². The lowest BCUT2D eigenvalue weighted by Gasteiger charge is -1.96. The molecule has 1 aromatic heterocycles. The van der Waals surface area contributed by atoms with Crippen molar-refractivity contribution in [2.75, 3.05) is 0 Å². The second-order valence-electron chi connectivity index (χ2n) is 3.93. The maximum atomic E-state index is 12.1. The highest BCUT2D eigenvalue weighted by Gasteiger charge is 2.24. The fourth-order valence-electron chi connectivity index (χ4n) is 1.96. The molecule has 5 heteroatoms. The molecule has 2 aromatic rings. The molecule has 0 fully saturated rings. The summed E-state index contributed by atoms with van der Waals surface area (Å²) in [4.78, 5) is 29.2. The molecule has 5 nitrogen and oxygen atoms in total. The summed E-state index contributed by atoms with van der Waals surface area (Å²) in [6, 6.07) is 7.23. The maximum absolute atomic E-state index is 12.1. The second-order valence-corrected chi connectivity index (χ2v) is 3.93. The van der Waals surface area contributed by atoms with Gasteiger partial charge in [0, 0.05) is 11.1 Å². The molecule has 0 saturated heterocycles. The van der Waals surface area contributed by atoms with Gasteiger partial charge in [-0.05, 0) is 11.6 Å².